The molecule has 1 aliphatic carbocycles. The van der Waals surface area contributed by atoms with Crippen LogP contribution >= 0.6 is 27.3 Å². The largest absolute Gasteiger partial charge is 0.307 e. The molecular formula is C13H12BrNOS. The molecule has 88 valence electrons. The molecule has 0 N–H and O–H groups in total. The normalized spacial score (nSPS) is 13.9. The van der Waals surface area contributed by atoms with Gasteiger partial charge in [0.2, 0.25) is 0 Å². The van der Waals surface area contributed by atoms with Gasteiger partial charge in [0.15, 0.2) is 0 Å². The first-order chi connectivity index (χ1) is 8.25. The van der Waals surface area contributed by atoms with E-state index in [2.05, 4.69) is 15.9 Å². The van der Waals surface area contributed by atoms with Crippen LogP contribution in [0.15, 0.2) is 32.8 Å². The molecule has 0 fully saturated rings. The Hall–Kier alpha value is -0.870. The fourth-order valence-corrected chi connectivity index (χ4v) is 3.85. The third-order valence-electron chi connectivity index (χ3n) is 3.24. The second-order valence-corrected chi connectivity index (χ2v) is 6.13. The molecular weight excluding hydrogens is 298 g/mol. The highest BCUT2D eigenvalue weighted by Crippen LogP contribution is 2.25. The van der Waals surface area contributed by atoms with Gasteiger partial charge in [0.25, 0.3) is 5.56 Å². The highest BCUT2D eigenvalue weighted by Gasteiger charge is 2.16. The van der Waals surface area contributed by atoms with E-state index in [0.717, 1.165) is 17.3 Å². The van der Waals surface area contributed by atoms with Crippen LogP contribution in [0.1, 0.15) is 22.6 Å². The van der Waals surface area contributed by atoms with Crippen molar-refractivity contribution < 1.29 is 0 Å². The average molecular weight is 310 g/mol. The number of pyridine rings is 1. The van der Waals surface area contributed by atoms with Crippen LogP contribution < -0.4 is 5.56 Å². The zero-order valence-electron chi connectivity index (χ0n) is 9.28. The van der Waals surface area contributed by atoms with Crippen molar-refractivity contribution in [1.29, 1.82) is 0 Å². The summed E-state index contributed by atoms with van der Waals surface area (Å²) in [5.41, 5.74) is 2.70. The van der Waals surface area contributed by atoms with E-state index in [9.17, 15) is 4.79 Å². The van der Waals surface area contributed by atoms with Crippen LogP contribution in [-0.2, 0) is 19.4 Å². The molecule has 0 saturated heterocycles. The molecule has 17 heavy (non-hydrogen) atoms. The maximum Gasteiger partial charge on any atom is 0.251 e. The van der Waals surface area contributed by atoms with Crippen LogP contribution in [0.2, 0.25) is 0 Å². The zero-order valence-corrected chi connectivity index (χ0v) is 11.7. The number of hydrogen-bond donors (Lipinski definition) is 0. The number of aryl methyl sites for hydroxylation is 1. The maximum absolute atomic E-state index is 12.0. The molecule has 4 heteroatoms. The number of hydrogen-bond acceptors (Lipinski definition) is 2. The van der Waals surface area contributed by atoms with Gasteiger partial charge >= 0.3 is 0 Å². The van der Waals surface area contributed by atoms with Gasteiger partial charge in [-0.25, -0.2) is 0 Å². The molecule has 3 rings (SSSR count). The summed E-state index contributed by atoms with van der Waals surface area (Å²) in [6, 6.07) is 5.73. The summed E-state index contributed by atoms with van der Waals surface area (Å²) >= 11 is 5.22. The van der Waals surface area contributed by atoms with E-state index >= 15 is 0 Å². The van der Waals surface area contributed by atoms with E-state index < -0.39 is 0 Å². The number of fused-ring (bicyclic) bond motifs is 1. The monoisotopic (exact) mass is 309 g/mol. The maximum atomic E-state index is 12.0. The molecule has 0 saturated carbocycles. The molecule has 0 aliphatic heterocycles. The van der Waals surface area contributed by atoms with Crippen LogP contribution in [-0.4, -0.2) is 4.57 Å². The molecule has 1 aliphatic rings. The van der Waals surface area contributed by atoms with E-state index in [-0.39, 0.29) is 5.56 Å². The molecule has 0 aromatic carbocycles. The van der Waals surface area contributed by atoms with Crippen molar-refractivity contribution in [3.8, 4) is 0 Å². The standard InChI is InChI=1S/C13H12BrNOS/c14-10-6-7-17-12(10)8-15-11-3-1-2-9(11)4-5-13(15)16/h4-7H,1-3,8H2. The first-order valence-corrected chi connectivity index (χ1v) is 7.36. The Balaban J connectivity index is 2.07. The van der Waals surface area contributed by atoms with Crippen LogP contribution in [0.4, 0.5) is 0 Å². The first kappa shape index (κ1) is 11.2. The molecule has 2 aromatic rings. The summed E-state index contributed by atoms with van der Waals surface area (Å²) in [6.45, 7) is 0.695. The predicted octanol–water partition coefficient (Wildman–Crippen LogP) is 3.21. The molecule has 0 unspecified atom stereocenters. The minimum absolute atomic E-state index is 0.117. The minimum Gasteiger partial charge on any atom is -0.307 e. The fraction of sp³-hybridized carbons (Fsp3) is 0.308. The Kier molecular flexibility index (Phi) is 2.92. The smallest absolute Gasteiger partial charge is 0.251 e. The number of nitrogens with zero attached hydrogens (tertiary/aromatic N) is 1. The number of rotatable bonds is 2. The molecule has 0 bridgehead atoms. The third kappa shape index (κ3) is 2.00. The van der Waals surface area contributed by atoms with Crippen LogP contribution in [0, 0.1) is 0 Å². The van der Waals surface area contributed by atoms with E-state index in [1.807, 2.05) is 22.1 Å². The van der Waals surface area contributed by atoms with Crippen molar-refractivity contribution in [2.24, 2.45) is 0 Å². The molecule has 0 spiro atoms. The molecule has 2 heterocycles. The van der Waals surface area contributed by atoms with Crippen LogP contribution in [0.3, 0.4) is 0 Å². The summed E-state index contributed by atoms with van der Waals surface area (Å²) in [6.07, 6.45) is 3.32. The van der Waals surface area contributed by atoms with Crippen molar-refractivity contribution in [3.05, 3.63) is 54.5 Å². The second kappa shape index (κ2) is 4.42. The van der Waals surface area contributed by atoms with Gasteiger partial charge in [0, 0.05) is 21.1 Å². The molecule has 0 radical (unpaired) electrons. The van der Waals surface area contributed by atoms with Crippen LogP contribution in [0.5, 0.6) is 0 Å². The van der Waals surface area contributed by atoms with Crippen LogP contribution in [0.25, 0.3) is 0 Å². The first-order valence-electron chi connectivity index (χ1n) is 5.69. The molecule has 2 aromatic heterocycles. The fourth-order valence-electron chi connectivity index (χ4n) is 2.39. The molecule has 0 atom stereocenters. The number of thiophene rings is 1. The van der Waals surface area contributed by atoms with Crippen molar-refractivity contribution in [1.82, 2.24) is 4.57 Å². The Bertz CT molecular complexity index is 614. The highest BCUT2D eigenvalue weighted by atomic mass is 79.9. The number of aromatic nitrogens is 1. The quantitative estimate of drug-likeness (QED) is 0.835. The average Bonchev–Trinajstić information content (AvgIpc) is 2.92. The minimum atomic E-state index is 0.117. The second-order valence-electron chi connectivity index (χ2n) is 4.27. The van der Waals surface area contributed by atoms with Gasteiger partial charge in [0.1, 0.15) is 0 Å². The van der Waals surface area contributed by atoms with Crippen molar-refractivity contribution in [2.75, 3.05) is 0 Å². The van der Waals surface area contributed by atoms with Gasteiger partial charge in [-0.15, -0.1) is 11.3 Å². The lowest BCUT2D eigenvalue weighted by atomic mass is 10.2. The lowest BCUT2D eigenvalue weighted by Crippen LogP contribution is -2.23. The third-order valence-corrected chi connectivity index (χ3v) is 5.15. The Morgan fingerprint density at radius 1 is 1.29 bits per heavy atom. The van der Waals surface area contributed by atoms with Gasteiger partial charge in [-0.2, -0.15) is 0 Å². The highest BCUT2D eigenvalue weighted by molar-refractivity contribution is 9.10. The van der Waals surface area contributed by atoms with Gasteiger partial charge < -0.3 is 4.57 Å². The summed E-state index contributed by atoms with van der Waals surface area (Å²) in [7, 11) is 0. The van der Waals surface area contributed by atoms with Gasteiger partial charge in [-0.3, -0.25) is 4.79 Å². The van der Waals surface area contributed by atoms with Crippen molar-refractivity contribution in [3.63, 3.8) is 0 Å². The topological polar surface area (TPSA) is 22.0 Å². The summed E-state index contributed by atoms with van der Waals surface area (Å²) in [4.78, 5) is 13.2. The van der Waals surface area contributed by atoms with Gasteiger partial charge in [-0.05, 0) is 52.2 Å². The van der Waals surface area contributed by atoms with E-state index in [1.165, 1.54) is 22.6 Å². The van der Waals surface area contributed by atoms with E-state index in [0.29, 0.717) is 6.54 Å². The summed E-state index contributed by atoms with van der Waals surface area (Å²) in [5.74, 6) is 0. The molecule has 0 amide bonds. The summed E-state index contributed by atoms with van der Waals surface area (Å²) in [5, 5.41) is 2.05. The van der Waals surface area contributed by atoms with E-state index in [4.69, 9.17) is 0 Å². The number of halogens is 1. The Morgan fingerprint density at radius 2 is 2.18 bits per heavy atom. The lowest BCUT2D eigenvalue weighted by molar-refractivity contribution is 0.713. The Morgan fingerprint density at radius 3 is 2.94 bits per heavy atom. The van der Waals surface area contributed by atoms with Crippen molar-refractivity contribution >= 4 is 27.3 Å². The molecule has 2 nitrogen and oxygen atoms in total. The van der Waals surface area contributed by atoms with Crippen molar-refractivity contribution in [2.45, 2.75) is 25.8 Å². The zero-order chi connectivity index (χ0) is 11.8. The van der Waals surface area contributed by atoms with E-state index in [1.54, 1.807) is 17.4 Å². The Labute approximate surface area is 112 Å². The lowest BCUT2D eigenvalue weighted by Gasteiger charge is -2.11. The SMILES string of the molecule is O=c1ccc2c(n1Cc1sccc1Br)CCC2. The van der Waals surface area contributed by atoms with Gasteiger partial charge in [-0.1, -0.05) is 6.07 Å². The summed E-state index contributed by atoms with van der Waals surface area (Å²) < 4.78 is 3.03. The van der Waals surface area contributed by atoms with Gasteiger partial charge in [0.05, 0.1) is 6.54 Å². The predicted molar refractivity (Wildman–Crippen MR) is 73.8 cm³/mol.